The van der Waals surface area contributed by atoms with Crippen LogP contribution in [0.1, 0.15) is 36.2 Å². The molecule has 0 radical (unpaired) electrons. The van der Waals surface area contributed by atoms with Crippen molar-refractivity contribution < 1.29 is 13.2 Å². The van der Waals surface area contributed by atoms with Gasteiger partial charge in [-0.25, -0.2) is 17.5 Å². The molecule has 1 aliphatic rings. The SMILES string of the molecule is Cc1nc(=O)[nH]c(C)c1CCC(=O)NC[C@H]1CCCN(S(C)(=O)=O)C1. The molecule has 1 aromatic rings. The molecular weight excluding hydrogens is 344 g/mol. The van der Waals surface area contributed by atoms with Crippen molar-refractivity contribution in [3.05, 3.63) is 27.4 Å². The third-order valence-electron chi connectivity index (χ3n) is 4.59. The molecule has 0 aliphatic carbocycles. The van der Waals surface area contributed by atoms with E-state index in [4.69, 9.17) is 0 Å². The van der Waals surface area contributed by atoms with Gasteiger partial charge in [0.05, 0.1) is 6.26 Å². The third kappa shape index (κ3) is 5.64. The molecule has 1 saturated heterocycles. The number of amides is 1. The molecular formula is C16H26N4O4S. The molecule has 1 aliphatic heterocycles. The highest BCUT2D eigenvalue weighted by Crippen LogP contribution is 2.18. The molecule has 140 valence electrons. The van der Waals surface area contributed by atoms with E-state index >= 15 is 0 Å². The molecule has 1 amide bonds. The average Bonchev–Trinajstić information content (AvgIpc) is 2.51. The van der Waals surface area contributed by atoms with Crippen molar-refractivity contribution in [3.63, 3.8) is 0 Å². The normalized spacial score (nSPS) is 18.9. The zero-order valence-corrected chi connectivity index (χ0v) is 15.8. The largest absolute Gasteiger partial charge is 0.356 e. The Morgan fingerprint density at radius 3 is 2.76 bits per heavy atom. The topological polar surface area (TPSA) is 112 Å². The number of H-pyrrole nitrogens is 1. The lowest BCUT2D eigenvalue weighted by molar-refractivity contribution is -0.121. The summed E-state index contributed by atoms with van der Waals surface area (Å²) in [5, 5.41) is 2.89. The Bertz CT molecular complexity index is 762. The lowest BCUT2D eigenvalue weighted by atomic mass is 9.99. The van der Waals surface area contributed by atoms with Crippen LogP contribution in [0.25, 0.3) is 0 Å². The minimum Gasteiger partial charge on any atom is -0.356 e. The molecule has 8 nitrogen and oxygen atoms in total. The smallest absolute Gasteiger partial charge is 0.345 e. The molecule has 0 spiro atoms. The van der Waals surface area contributed by atoms with Crippen molar-refractivity contribution in [3.8, 4) is 0 Å². The fraction of sp³-hybridized carbons (Fsp3) is 0.688. The Labute approximate surface area is 148 Å². The zero-order valence-electron chi connectivity index (χ0n) is 15.0. The Morgan fingerprint density at radius 1 is 1.40 bits per heavy atom. The minimum atomic E-state index is -3.17. The van der Waals surface area contributed by atoms with Gasteiger partial charge in [0.15, 0.2) is 0 Å². The molecule has 2 N–H and O–H groups in total. The molecule has 0 saturated carbocycles. The van der Waals surface area contributed by atoms with E-state index in [0.717, 1.165) is 24.1 Å². The number of carbonyl (C=O) groups is 1. The van der Waals surface area contributed by atoms with Crippen LogP contribution in [0.2, 0.25) is 0 Å². The van der Waals surface area contributed by atoms with Crippen LogP contribution in [0.15, 0.2) is 4.79 Å². The summed E-state index contributed by atoms with van der Waals surface area (Å²) in [6, 6.07) is 0. The second-order valence-corrected chi connectivity index (χ2v) is 8.65. The van der Waals surface area contributed by atoms with Gasteiger partial charge < -0.3 is 10.3 Å². The number of piperidine rings is 1. The van der Waals surface area contributed by atoms with E-state index in [0.29, 0.717) is 38.2 Å². The number of rotatable bonds is 6. The summed E-state index contributed by atoms with van der Waals surface area (Å²) in [6.45, 7) is 5.05. The molecule has 0 aromatic carbocycles. The van der Waals surface area contributed by atoms with E-state index in [2.05, 4.69) is 15.3 Å². The fourth-order valence-electron chi connectivity index (χ4n) is 3.20. The van der Waals surface area contributed by atoms with E-state index in [9.17, 15) is 18.0 Å². The average molecular weight is 370 g/mol. The summed E-state index contributed by atoms with van der Waals surface area (Å²) in [5.41, 5.74) is 1.89. The van der Waals surface area contributed by atoms with Crippen LogP contribution in [0.5, 0.6) is 0 Å². The standard InChI is InChI=1S/C16H26N4O4S/c1-11-14(12(2)19-16(22)18-11)6-7-15(21)17-9-13-5-4-8-20(10-13)25(3,23)24/h13H,4-10H2,1-3H3,(H,17,21)(H,18,19,22)/t13-/m1/s1. The molecule has 1 fully saturated rings. The van der Waals surface area contributed by atoms with Gasteiger partial charge in [-0.05, 0) is 44.6 Å². The van der Waals surface area contributed by atoms with E-state index in [1.807, 2.05) is 0 Å². The van der Waals surface area contributed by atoms with Gasteiger partial charge in [-0.1, -0.05) is 0 Å². The molecule has 1 aromatic heterocycles. The lowest BCUT2D eigenvalue weighted by Crippen LogP contribution is -2.43. The van der Waals surface area contributed by atoms with Gasteiger partial charge >= 0.3 is 5.69 Å². The number of sulfonamides is 1. The predicted octanol–water partition coefficient (Wildman–Crippen LogP) is 0.107. The number of nitrogens with zero attached hydrogens (tertiary/aromatic N) is 2. The van der Waals surface area contributed by atoms with Gasteiger partial charge in [0, 0.05) is 37.4 Å². The second kappa shape index (κ2) is 8.09. The van der Waals surface area contributed by atoms with Crippen LogP contribution in [-0.2, 0) is 21.2 Å². The first-order valence-corrected chi connectivity index (χ1v) is 10.3. The maximum atomic E-state index is 12.1. The van der Waals surface area contributed by atoms with Crippen molar-refractivity contribution in [2.75, 3.05) is 25.9 Å². The van der Waals surface area contributed by atoms with Crippen molar-refractivity contribution >= 4 is 15.9 Å². The highest BCUT2D eigenvalue weighted by atomic mass is 32.2. The van der Waals surface area contributed by atoms with Gasteiger partial charge in [-0.15, -0.1) is 0 Å². The van der Waals surface area contributed by atoms with E-state index in [-0.39, 0.29) is 17.5 Å². The summed E-state index contributed by atoms with van der Waals surface area (Å²) >= 11 is 0. The summed E-state index contributed by atoms with van der Waals surface area (Å²) in [4.78, 5) is 29.9. The van der Waals surface area contributed by atoms with Crippen LogP contribution in [0.4, 0.5) is 0 Å². The van der Waals surface area contributed by atoms with Crippen LogP contribution in [0, 0.1) is 19.8 Å². The minimum absolute atomic E-state index is 0.0820. The number of hydrogen-bond donors (Lipinski definition) is 2. The number of nitrogens with one attached hydrogen (secondary N) is 2. The summed E-state index contributed by atoms with van der Waals surface area (Å²) in [6.07, 6.45) is 3.76. The summed E-state index contributed by atoms with van der Waals surface area (Å²) in [5.74, 6) is 0.0622. The number of aryl methyl sites for hydroxylation is 2. The number of carbonyl (C=O) groups excluding carboxylic acids is 1. The first kappa shape index (κ1) is 19.6. The van der Waals surface area contributed by atoms with Crippen molar-refractivity contribution in [2.45, 2.75) is 39.5 Å². The predicted molar refractivity (Wildman–Crippen MR) is 94.8 cm³/mol. The summed E-state index contributed by atoms with van der Waals surface area (Å²) < 4.78 is 24.7. The molecule has 25 heavy (non-hydrogen) atoms. The van der Waals surface area contributed by atoms with Crippen LogP contribution >= 0.6 is 0 Å². The summed E-state index contributed by atoms with van der Waals surface area (Å²) in [7, 11) is -3.17. The number of aromatic nitrogens is 2. The van der Waals surface area contributed by atoms with Crippen LogP contribution < -0.4 is 11.0 Å². The van der Waals surface area contributed by atoms with Crippen LogP contribution in [-0.4, -0.2) is 54.5 Å². The van der Waals surface area contributed by atoms with E-state index in [1.54, 1.807) is 13.8 Å². The maximum absolute atomic E-state index is 12.1. The third-order valence-corrected chi connectivity index (χ3v) is 5.86. The first-order valence-electron chi connectivity index (χ1n) is 8.45. The lowest BCUT2D eigenvalue weighted by Gasteiger charge is -2.31. The van der Waals surface area contributed by atoms with Crippen molar-refractivity contribution in [2.24, 2.45) is 5.92 Å². The van der Waals surface area contributed by atoms with Gasteiger partial charge in [0.1, 0.15) is 0 Å². The van der Waals surface area contributed by atoms with E-state index < -0.39 is 10.0 Å². The van der Waals surface area contributed by atoms with Crippen LogP contribution in [0.3, 0.4) is 0 Å². The van der Waals surface area contributed by atoms with Gasteiger partial charge in [-0.2, -0.15) is 4.98 Å². The van der Waals surface area contributed by atoms with E-state index in [1.165, 1.54) is 10.6 Å². The zero-order chi connectivity index (χ0) is 18.6. The molecule has 2 rings (SSSR count). The van der Waals surface area contributed by atoms with Gasteiger partial charge in [0.25, 0.3) is 0 Å². The van der Waals surface area contributed by atoms with Crippen molar-refractivity contribution in [1.82, 2.24) is 19.6 Å². The highest BCUT2D eigenvalue weighted by molar-refractivity contribution is 7.88. The van der Waals surface area contributed by atoms with Crippen molar-refractivity contribution in [1.29, 1.82) is 0 Å². The Morgan fingerprint density at radius 2 is 2.12 bits per heavy atom. The Hall–Kier alpha value is -1.74. The number of hydrogen-bond acceptors (Lipinski definition) is 5. The molecule has 9 heteroatoms. The van der Waals surface area contributed by atoms with Gasteiger partial charge in [-0.3, -0.25) is 4.79 Å². The molecule has 0 bridgehead atoms. The fourth-order valence-corrected chi connectivity index (χ4v) is 4.15. The first-order chi connectivity index (χ1) is 11.7. The number of aromatic amines is 1. The monoisotopic (exact) mass is 370 g/mol. The highest BCUT2D eigenvalue weighted by Gasteiger charge is 2.25. The Balaban J connectivity index is 1.82. The molecule has 1 atom stereocenters. The second-order valence-electron chi connectivity index (χ2n) is 6.66. The molecule has 2 heterocycles. The van der Waals surface area contributed by atoms with Gasteiger partial charge in [0.2, 0.25) is 15.9 Å². The molecule has 0 unspecified atom stereocenters. The maximum Gasteiger partial charge on any atom is 0.345 e. The quantitative estimate of drug-likeness (QED) is 0.738. The Kier molecular flexibility index (Phi) is 6.34.